The van der Waals surface area contributed by atoms with Crippen LogP contribution in [0.1, 0.15) is 47.9 Å². The number of hydrogen-bond donors (Lipinski definition) is 8. The molecule has 4 aromatic rings. The molecule has 0 saturated heterocycles. The molecule has 0 bridgehead atoms. The average Bonchev–Trinajstić information content (AvgIpc) is 3.19. The predicted octanol–water partition coefficient (Wildman–Crippen LogP) is 5.79. The number of phenolic OH excluding ortho intramolecular Hbond substituents is 4. The van der Waals surface area contributed by atoms with Crippen molar-refractivity contribution in [2.75, 3.05) is 54.9 Å². The molecule has 4 rings (SSSR count). The fourth-order valence-corrected chi connectivity index (χ4v) is 7.14. The molecule has 0 aliphatic heterocycles. The van der Waals surface area contributed by atoms with Crippen LogP contribution in [0, 0.1) is 23.7 Å². The van der Waals surface area contributed by atoms with Crippen LogP contribution < -0.4 is 18.9 Å². The molecule has 0 amide bonds. The van der Waals surface area contributed by atoms with E-state index in [0.717, 1.165) is 35.1 Å². The van der Waals surface area contributed by atoms with Crippen LogP contribution in [-0.2, 0) is 25.7 Å². The van der Waals surface area contributed by atoms with E-state index in [1.807, 2.05) is 24.3 Å². The Morgan fingerprint density at radius 3 is 0.839 bits per heavy atom. The van der Waals surface area contributed by atoms with Crippen molar-refractivity contribution in [2.24, 2.45) is 23.7 Å². The first-order valence-electron chi connectivity index (χ1n) is 18.9. The van der Waals surface area contributed by atoms with Gasteiger partial charge in [0.25, 0.3) is 0 Å². The largest absolute Gasteiger partial charge is 0.504 e. The molecule has 0 aromatic heterocycles. The second kappa shape index (κ2) is 23.9. The number of aliphatic hydroxyl groups is 4. The summed E-state index contributed by atoms with van der Waals surface area (Å²) >= 11 is 0. The number of hydrogen-bond acceptors (Lipinski definition) is 12. The second-order valence-electron chi connectivity index (χ2n) is 14.0. The van der Waals surface area contributed by atoms with Crippen molar-refractivity contribution in [2.45, 2.75) is 51.4 Å². The minimum Gasteiger partial charge on any atom is -0.504 e. The lowest BCUT2D eigenvalue weighted by molar-refractivity contribution is 0.158. The van der Waals surface area contributed by atoms with Gasteiger partial charge in [-0.15, -0.1) is 0 Å². The standard InChI is InChI=1S/2C22H30O6/c2*1-27-21-7-5-15(12-19(21)25)10-17(4-3-9-23)18(14-24)11-16-6-8-22(28-2)20(26)13-16/h2*5-8,12-13,17-18,23-26H,3-4,9-11,14H2,1-2H3/t2*17-,18+/m10/s1. The van der Waals surface area contributed by atoms with Crippen molar-refractivity contribution >= 4 is 0 Å². The van der Waals surface area contributed by atoms with Crippen LogP contribution in [-0.4, -0.2) is 95.7 Å². The molecule has 12 nitrogen and oxygen atoms in total. The fourth-order valence-electron chi connectivity index (χ4n) is 7.14. The Kier molecular flexibility index (Phi) is 19.4. The number of phenols is 4. The molecule has 0 radical (unpaired) electrons. The van der Waals surface area contributed by atoms with Gasteiger partial charge in [-0.3, -0.25) is 0 Å². The maximum Gasteiger partial charge on any atom is 0.160 e. The van der Waals surface area contributed by atoms with E-state index in [1.54, 1.807) is 48.5 Å². The number of aromatic hydroxyl groups is 4. The Labute approximate surface area is 330 Å². The molecule has 56 heavy (non-hydrogen) atoms. The van der Waals surface area contributed by atoms with E-state index in [9.17, 15) is 40.9 Å². The zero-order chi connectivity index (χ0) is 41.0. The van der Waals surface area contributed by atoms with Crippen LogP contribution >= 0.6 is 0 Å². The minimum atomic E-state index is -0.0522. The number of aliphatic hydroxyl groups excluding tert-OH is 4. The third-order valence-electron chi connectivity index (χ3n) is 10.2. The molecule has 0 spiro atoms. The summed E-state index contributed by atoms with van der Waals surface area (Å²) in [6.07, 6.45) is 5.26. The highest BCUT2D eigenvalue weighted by Gasteiger charge is 2.24. The van der Waals surface area contributed by atoms with Gasteiger partial charge in [0.1, 0.15) is 0 Å². The van der Waals surface area contributed by atoms with Gasteiger partial charge in [0, 0.05) is 26.4 Å². The quantitative estimate of drug-likeness (QED) is 0.0478. The van der Waals surface area contributed by atoms with Crippen molar-refractivity contribution in [1.29, 1.82) is 0 Å². The Balaban J connectivity index is 0.000000300. The first kappa shape index (κ1) is 45.5. The van der Waals surface area contributed by atoms with Gasteiger partial charge in [-0.2, -0.15) is 0 Å². The molecular weight excluding hydrogens is 720 g/mol. The van der Waals surface area contributed by atoms with Crippen molar-refractivity contribution in [3.05, 3.63) is 95.1 Å². The topological polar surface area (TPSA) is 199 Å². The first-order valence-corrected chi connectivity index (χ1v) is 18.9. The van der Waals surface area contributed by atoms with Crippen LogP contribution in [0.15, 0.2) is 72.8 Å². The lowest BCUT2D eigenvalue weighted by Crippen LogP contribution is -2.23. The van der Waals surface area contributed by atoms with Crippen LogP contribution in [0.2, 0.25) is 0 Å². The smallest absolute Gasteiger partial charge is 0.160 e. The van der Waals surface area contributed by atoms with Gasteiger partial charge >= 0.3 is 0 Å². The minimum absolute atomic E-state index is 0.00891. The third-order valence-corrected chi connectivity index (χ3v) is 10.2. The van der Waals surface area contributed by atoms with Crippen LogP contribution in [0.25, 0.3) is 0 Å². The molecule has 0 aliphatic carbocycles. The van der Waals surface area contributed by atoms with E-state index < -0.39 is 0 Å². The molecule has 4 atom stereocenters. The summed E-state index contributed by atoms with van der Waals surface area (Å²) in [7, 11) is 6.01. The van der Waals surface area contributed by atoms with E-state index in [1.165, 1.54) is 28.4 Å². The highest BCUT2D eigenvalue weighted by Crippen LogP contribution is 2.35. The summed E-state index contributed by atoms with van der Waals surface area (Å²) < 4.78 is 20.3. The zero-order valence-electron chi connectivity index (χ0n) is 32.9. The maximum atomic E-state index is 10.0. The van der Waals surface area contributed by atoms with Crippen molar-refractivity contribution < 1.29 is 59.8 Å². The molecule has 0 fully saturated rings. The Hall–Kier alpha value is -4.88. The first-order chi connectivity index (χ1) is 27.0. The van der Waals surface area contributed by atoms with E-state index in [2.05, 4.69) is 0 Å². The summed E-state index contributed by atoms with van der Waals surface area (Å²) in [5.74, 6) is 2.08. The van der Waals surface area contributed by atoms with Crippen LogP contribution in [0.3, 0.4) is 0 Å². The summed E-state index contributed by atoms with van der Waals surface area (Å²) in [5.41, 5.74) is 3.70. The lowest BCUT2D eigenvalue weighted by Gasteiger charge is -2.26. The molecule has 0 saturated carbocycles. The van der Waals surface area contributed by atoms with E-state index in [0.29, 0.717) is 61.5 Å². The third kappa shape index (κ3) is 13.7. The molecule has 0 heterocycles. The fraction of sp³-hybridized carbons (Fsp3) is 0.455. The van der Waals surface area contributed by atoms with Gasteiger partial charge in [-0.05, 0) is 146 Å². The highest BCUT2D eigenvalue weighted by molar-refractivity contribution is 5.44. The van der Waals surface area contributed by atoms with E-state index >= 15 is 0 Å². The average molecular weight is 781 g/mol. The van der Waals surface area contributed by atoms with Gasteiger partial charge in [0.05, 0.1) is 28.4 Å². The monoisotopic (exact) mass is 780 g/mol. The van der Waals surface area contributed by atoms with Crippen LogP contribution in [0.4, 0.5) is 0 Å². The van der Waals surface area contributed by atoms with Gasteiger partial charge < -0.3 is 59.8 Å². The van der Waals surface area contributed by atoms with Gasteiger partial charge in [-0.1, -0.05) is 24.3 Å². The summed E-state index contributed by atoms with van der Waals surface area (Å²) in [6, 6.07) is 21.1. The maximum absolute atomic E-state index is 10.0. The van der Waals surface area contributed by atoms with Gasteiger partial charge in [0.15, 0.2) is 46.0 Å². The second-order valence-corrected chi connectivity index (χ2v) is 14.0. The molecule has 0 aliphatic rings. The SMILES string of the molecule is COc1ccc(C[C@@H](CO)[C@H](CCCO)Cc2ccc(OC)c(O)c2)cc1O.COc1ccc(C[C@H](CO)[C@@H](CCCO)Cc2ccc(OC)c(O)c2)cc1O. The van der Waals surface area contributed by atoms with Gasteiger partial charge in [-0.25, -0.2) is 0 Å². The summed E-state index contributed by atoms with van der Waals surface area (Å²) in [6.45, 7) is 0.160. The van der Waals surface area contributed by atoms with Crippen molar-refractivity contribution in [3.63, 3.8) is 0 Å². The Morgan fingerprint density at radius 2 is 0.643 bits per heavy atom. The van der Waals surface area contributed by atoms with Crippen LogP contribution in [0.5, 0.6) is 46.0 Å². The van der Waals surface area contributed by atoms with Crippen molar-refractivity contribution in [1.82, 2.24) is 0 Å². The van der Waals surface area contributed by atoms with Gasteiger partial charge in [0.2, 0.25) is 0 Å². The highest BCUT2D eigenvalue weighted by atomic mass is 16.5. The predicted molar refractivity (Wildman–Crippen MR) is 214 cm³/mol. The molecule has 0 unspecified atom stereocenters. The normalized spacial score (nSPS) is 13.1. The van der Waals surface area contributed by atoms with E-state index in [4.69, 9.17) is 18.9 Å². The number of rotatable bonds is 22. The molecule has 12 heteroatoms. The molecule has 4 aromatic carbocycles. The summed E-state index contributed by atoms with van der Waals surface area (Å²) in [5, 5.41) is 78.7. The summed E-state index contributed by atoms with van der Waals surface area (Å²) in [4.78, 5) is 0. The number of benzene rings is 4. The zero-order valence-corrected chi connectivity index (χ0v) is 32.9. The molecule has 8 N–H and O–H groups in total. The van der Waals surface area contributed by atoms with E-state index in [-0.39, 0.29) is 73.1 Å². The Bertz CT molecular complexity index is 1620. The Morgan fingerprint density at radius 1 is 0.393 bits per heavy atom. The molecule has 308 valence electrons. The number of ether oxygens (including phenoxy) is 4. The lowest BCUT2D eigenvalue weighted by atomic mass is 9.80. The number of methoxy groups -OCH3 is 4. The van der Waals surface area contributed by atoms with Crippen molar-refractivity contribution in [3.8, 4) is 46.0 Å². The molecular formula is C44H60O12.